The lowest BCUT2D eigenvalue weighted by Crippen LogP contribution is -2.29. The normalized spacial score (nSPS) is 10.6. The monoisotopic (exact) mass is 293 g/mol. The molecule has 1 aromatic rings. The molecule has 4 N–H and O–H groups in total. The van der Waals surface area contributed by atoms with Gasteiger partial charge in [0.25, 0.3) is 5.91 Å². The first-order valence-corrected chi connectivity index (χ1v) is 7.04. The maximum Gasteiger partial charge on any atom is 0.335 e. The Kier molecular flexibility index (Phi) is 7.42. The third-order valence-corrected chi connectivity index (χ3v) is 3.12. The van der Waals surface area contributed by atoms with Crippen LogP contribution in [0.4, 0.5) is 0 Å². The predicted molar refractivity (Wildman–Crippen MR) is 81.5 cm³/mol. The fraction of sp³-hybridized carbons (Fsp3) is 0.467. The highest BCUT2D eigenvalue weighted by Gasteiger charge is 2.08. The molecule has 0 fully saturated rings. The third kappa shape index (κ3) is 6.37. The van der Waals surface area contributed by atoms with E-state index in [2.05, 4.69) is 10.2 Å². The highest BCUT2D eigenvalue weighted by Crippen LogP contribution is 2.05. The van der Waals surface area contributed by atoms with E-state index in [1.165, 1.54) is 12.1 Å². The summed E-state index contributed by atoms with van der Waals surface area (Å²) in [6.07, 6.45) is 1.80. The van der Waals surface area contributed by atoms with Crippen LogP contribution in [0.3, 0.4) is 0 Å². The Morgan fingerprint density at radius 1 is 1.24 bits per heavy atom. The van der Waals surface area contributed by atoms with E-state index >= 15 is 0 Å². The summed E-state index contributed by atoms with van der Waals surface area (Å²) in [5.41, 5.74) is 5.93. The number of amides is 1. The number of carboxylic acid groups (broad SMARTS) is 1. The number of nitrogens with two attached hydrogens (primary N) is 1. The second kappa shape index (κ2) is 9.10. The Labute approximate surface area is 124 Å². The first-order chi connectivity index (χ1) is 10.0. The standard InChI is InChI=1S/C15H23N3O3/c1-18(9-3-7-16)10-4-8-17-14(19)12-5-2-6-13(11-12)15(20)21/h2,5-6,11H,3-4,7-10,16H2,1H3,(H,17,19)(H,20,21). The molecule has 0 aromatic heterocycles. The van der Waals surface area contributed by atoms with Crippen LogP contribution in [0.25, 0.3) is 0 Å². The molecule has 0 aliphatic heterocycles. The number of aromatic carboxylic acids is 1. The Hall–Kier alpha value is -1.92. The molecule has 1 amide bonds. The lowest BCUT2D eigenvalue weighted by molar-refractivity contribution is 0.0697. The van der Waals surface area contributed by atoms with E-state index < -0.39 is 5.97 Å². The summed E-state index contributed by atoms with van der Waals surface area (Å²) in [5, 5.41) is 11.7. The minimum atomic E-state index is -1.04. The molecule has 1 aromatic carbocycles. The van der Waals surface area contributed by atoms with E-state index in [1.54, 1.807) is 12.1 Å². The maximum absolute atomic E-state index is 11.9. The predicted octanol–water partition coefficient (Wildman–Crippen LogP) is 0.785. The van der Waals surface area contributed by atoms with Gasteiger partial charge in [-0.2, -0.15) is 0 Å². The molecule has 116 valence electrons. The summed E-state index contributed by atoms with van der Waals surface area (Å²) < 4.78 is 0. The smallest absolute Gasteiger partial charge is 0.335 e. The molecule has 0 spiro atoms. The number of carbonyl (C=O) groups is 2. The zero-order chi connectivity index (χ0) is 15.7. The fourth-order valence-electron chi connectivity index (χ4n) is 1.92. The first kappa shape index (κ1) is 17.1. The van der Waals surface area contributed by atoms with Crippen LogP contribution >= 0.6 is 0 Å². The van der Waals surface area contributed by atoms with E-state index in [1.807, 2.05) is 7.05 Å². The molecule has 6 heteroatoms. The molecule has 0 heterocycles. The minimum Gasteiger partial charge on any atom is -0.478 e. The van der Waals surface area contributed by atoms with Gasteiger partial charge in [0.05, 0.1) is 5.56 Å². The summed E-state index contributed by atoms with van der Waals surface area (Å²) in [7, 11) is 2.02. The topological polar surface area (TPSA) is 95.7 Å². The number of carbonyl (C=O) groups excluding carboxylic acids is 1. The van der Waals surface area contributed by atoms with E-state index in [-0.39, 0.29) is 11.5 Å². The van der Waals surface area contributed by atoms with Gasteiger partial charge >= 0.3 is 5.97 Å². The minimum absolute atomic E-state index is 0.115. The van der Waals surface area contributed by atoms with Gasteiger partial charge in [-0.05, 0) is 57.7 Å². The molecule has 0 unspecified atom stereocenters. The van der Waals surface area contributed by atoms with Crippen molar-refractivity contribution in [3.8, 4) is 0 Å². The van der Waals surface area contributed by atoms with E-state index in [9.17, 15) is 9.59 Å². The summed E-state index contributed by atoms with van der Waals surface area (Å²) in [6.45, 7) is 3.07. The summed E-state index contributed by atoms with van der Waals surface area (Å²) >= 11 is 0. The number of carboxylic acids is 1. The number of hydrogen-bond donors (Lipinski definition) is 3. The van der Waals surface area contributed by atoms with Gasteiger partial charge in [-0.15, -0.1) is 0 Å². The molecule has 0 aliphatic rings. The SMILES string of the molecule is CN(CCCN)CCCNC(=O)c1cccc(C(=O)O)c1. The molecule has 0 aliphatic carbocycles. The average Bonchev–Trinajstić information content (AvgIpc) is 2.49. The van der Waals surface area contributed by atoms with Crippen molar-refractivity contribution >= 4 is 11.9 Å². The van der Waals surface area contributed by atoms with Gasteiger partial charge in [0.15, 0.2) is 0 Å². The van der Waals surface area contributed by atoms with E-state index in [4.69, 9.17) is 10.8 Å². The Bertz CT molecular complexity index is 477. The van der Waals surface area contributed by atoms with Crippen LogP contribution in [0.1, 0.15) is 33.6 Å². The number of nitrogens with zero attached hydrogens (tertiary/aromatic N) is 1. The first-order valence-electron chi connectivity index (χ1n) is 7.04. The van der Waals surface area contributed by atoms with Crippen LogP contribution in [0.5, 0.6) is 0 Å². The van der Waals surface area contributed by atoms with Crippen molar-refractivity contribution in [2.45, 2.75) is 12.8 Å². The van der Waals surface area contributed by atoms with Gasteiger partial charge in [-0.25, -0.2) is 4.79 Å². The quantitative estimate of drug-likeness (QED) is 0.585. The van der Waals surface area contributed by atoms with Gasteiger partial charge in [0.1, 0.15) is 0 Å². The molecule has 0 bridgehead atoms. The second-order valence-corrected chi connectivity index (χ2v) is 4.94. The number of hydrogen-bond acceptors (Lipinski definition) is 4. The Morgan fingerprint density at radius 3 is 2.57 bits per heavy atom. The summed E-state index contributed by atoms with van der Waals surface area (Å²) in [6, 6.07) is 6.02. The lowest BCUT2D eigenvalue weighted by atomic mass is 10.1. The van der Waals surface area contributed by atoms with Gasteiger partial charge in [-0.3, -0.25) is 4.79 Å². The molecule has 1 rings (SSSR count). The van der Waals surface area contributed by atoms with Crippen LogP contribution in [-0.4, -0.2) is 55.1 Å². The summed E-state index contributed by atoms with van der Waals surface area (Å²) in [4.78, 5) is 24.9. The molecule has 0 saturated carbocycles. The average molecular weight is 293 g/mol. The van der Waals surface area contributed by atoms with Gasteiger partial charge in [-0.1, -0.05) is 6.07 Å². The van der Waals surface area contributed by atoms with Crippen LogP contribution in [0, 0.1) is 0 Å². The molecular formula is C15H23N3O3. The molecule has 0 radical (unpaired) electrons. The van der Waals surface area contributed by atoms with Crippen molar-refractivity contribution in [2.24, 2.45) is 5.73 Å². The highest BCUT2D eigenvalue weighted by molar-refractivity contribution is 5.97. The van der Waals surface area contributed by atoms with Crippen molar-refractivity contribution < 1.29 is 14.7 Å². The van der Waals surface area contributed by atoms with E-state index in [0.29, 0.717) is 18.7 Å². The van der Waals surface area contributed by atoms with Crippen LogP contribution in [0.2, 0.25) is 0 Å². The molecule has 6 nitrogen and oxygen atoms in total. The lowest BCUT2D eigenvalue weighted by Gasteiger charge is -2.15. The molecule has 0 saturated heterocycles. The van der Waals surface area contributed by atoms with Crippen molar-refractivity contribution in [3.05, 3.63) is 35.4 Å². The number of benzene rings is 1. The molecule has 0 atom stereocenters. The molecular weight excluding hydrogens is 270 g/mol. The fourth-order valence-corrected chi connectivity index (χ4v) is 1.92. The number of nitrogens with one attached hydrogen (secondary N) is 1. The van der Waals surface area contributed by atoms with Gasteiger partial charge in [0.2, 0.25) is 0 Å². The van der Waals surface area contributed by atoms with E-state index in [0.717, 1.165) is 25.9 Å². The second-order valence-electron chi connectivity index (χ2n) is 4.94. The zero-order valence-corrected chi connectivity index (χ0v) is 12.3. The van der Waals surface area contributed by atoms with Crippen LogP contribution in [0.15, 0.2) is 24.3 Å². The third-order valence-electron chi connectivity index (χ3n) is 3.12. The van der Waals surface area contributed by atoms with Gasteiger partial charge in [0, 0.05) is 12.1 Å². The Balaban J connectivity index is 2.34. The number of rotatable bonds is 9. The van der Waals surface area contributed by atoms with Crippen molar-refractivity contribution in [1.82, 2.24) is 10.2 Å². The maximum atomic E-state index is 11.9. The van der Waals surface area contributed by atoms with Crippen molar-refractivity contribution in [3.63, 3.8) is 0 Å². The largest absolute Gasteiger partial charge is 0.478 e. The van der Waals surface area contributed by atoms with Gasteiger partial charge < -0.3 is 21.1 Å². The Morgan fingerprint density at radius 2 is 1.90 bits per heavy atom. The zero-order valence-electron chi connectivity index (χ0n) is 12.3. The molecule has 21 heavy (non-hydrogen) atoms. The van der Waals surface area contributed by atoms with Crippen molar-refractivity contribution in [2.75, 3.05) is 33.2 Å². The highest BCUT2D eigenvalue weighted by atomic mass is 16.4. The summed E-state index contributed by atoms with van der Waals surface area (Å²) in [5.74, 6) is -1.28. The van der Waals surface area contributed by atoms with Crippen LogP contribution in [-0.2, 0) is 0 Å². The van der Waals surface area contributed by atoms with Crippen LogP contribution < -0.4 is 11.1 Å². The van der Waals surface area contributed by atoms with Crippen molar-refractivity contribution in [1.29, 1.82) is 0 Å².